The van der Waals surface area contributed by atoms with Crippen LogP contribution in [0.5, 0.6) is 5.75 Å². The lowest BCUT2D eigenvalue weighted by molar-refractivity contribution is -0.342. The molecule has 9 aliphatic rings. The first-order chi connectivity index (χ1) is 43.8. The highest BCUT2D eigenvalue weighted by molar-refractivity contribution is 6.35. The zero-order valence-electron chi connectivity index (χ0n) is 53.4. The van der Waals surface area contributed by atoms with Gasteiger partial charge in [0.05, 0.1) is 61.6 Å². The fourth-order valence-electron chi connectivity index (χ4n) is 15.0. The van der Waals surface area contributed by atoms with Crippen molar-refractivity contribution in [3.05, 3.63) is 124 Å². The summed E-state index contributed by atoms with van der Waals surface area (Å²) in [6.07, 6.45) is 19.4. The number of carbonyl (C=O) groups excluding carboxylic acids is 2. The van der Waals surface area contributed by atoms with Gasteiger partial charge in [-0.3, -0.25) is 9.59 Å². The van der Waals surface area contributed by atoms with Gasteiger partial charge in [0.15, 0.2) is 12.1 Å². The predicted molar refractivity (Wildman–Crippen MR) is 341 cm³/mol. The molecule has 6 saturated heterocycles. The van der Waals surface area contributed by atoms with Gasteiger partial charge in [0, 0.05) is 100 Å². The summed E-state index contributed by atoms with van der Waals surface area (Å²) in [5.74, 6) is -2.03. The van der Waals surface area contributed by atoms with Crippen molar-refractivity contribution in [2.45, 2.75) is 197 Å². The van der Waals surface area contributed by atoms with Gasteiger partial charge < -0.3 is 77.2 Å². The third-order valence-electron chi connectivity index (χ3n) is 20.1. The number of halogens is 2. The van der Waals surface area contributed by atoms with Crippen molar-refractivity contribution in [1.29, 1.82) is 0 Å². The number of aliphatic hydroxyl groups excluding tert-OH is 1. The standard InChI is InChI=1S/C43H63NO11.C26H28Cl2N4O4/c1-24-11-10-14-30-23-50-40-36(44-48)27(4)19-33(43(30,40)47)41(46)52-32-20-31(16-15-25(2)38(24)53-35-21-34(49-6)37(45)28(5)51-35)54-42(22-32)18-17-26(3)39(55-42)29-12-8-7-9-13-29;1-19(33)31-10-12-32(13-11-31)21-3-5-22(6-4-21)34-15-23-16-35-26(36-23,17-30-9-8-29-18-30)24-7-2-20(27)14-25(24)28/h10-11,14-15,19,24,26,28-29,31-35,37-40,45,47-48H,7-9,12-13,16-18,20-23H2,1-6H3;2-9,14,18,23H,10-13,15-17H2,1H3/b11-10+,25-15+,30-14+,44-36-;/t24-,26-,28-,31+,32-,33-,34-,35-,37-,38-,39-,40+,42+,43+;23-,26-/m00/s1. The smallest absolute Gasteiger partial charge is 0.316 e. The lowest BCUT2D eigenvalue weighted by Crippen LogP contribution is -2.57. The van der Waals surface area contributed by atoms with Crippen molar-refractivity contribution in [2.24, 2.45) is 28.8 Å². The average molecular weight is 1300 g/mol. The number of benzene rings is 2. The van der Waals surface area contributed by atoms with Crippen molar-refractivity contribution < 1.29 is 72.4 Å². The maximum Gasteiger partial charge on any atom is 0.316 e. The molecule has 2 aromatic carbocycles. The second-order valence-corrected chi connectivity index (χ2v) is 27.2. The minimum atomic E-state index is -1.83. The van der Waals surface area contributed by atoms with E-state index < -0.39 is 72.0 Å². The molecular formula is C69H91Cl2N5O15. The molecule has 3 N–H and O–H groups in total. The number of hydrogen-bond acceptors (Lipinski definition) is 18. The molecule has 0 unspecified atom stereocenters. The summed E-state index contributed by atoms with van der Waals surface area (Å²) in [6.45, 7) is 15.8. The number of allylic oxidation sites excluding steroid dienone is 2. The Bertz CT molecular complexity index is 3150. The van der Waals surface area contributed by atoms with E-state index in [9.17, 15) is 25.0 Å². The maximum atomic E-state index is 14.4. The zero-order chi connectivity index (χ0) is 64.2. The number of rotatable bonds is 11. The molecule has 7 fully saturated rings. The van der Waals surface area contributed by atoms with E-state index in [1.807, 2.05) is 65.1 Å². The highest BCUT2D eigenvalue weighted by Gasteiger charge is 2.60. The number of amides is 1. The van der Waals surface area contributed by atoms with E-state index in [2.05, 4.69) is 41.9 Å². The van der Waals surface area contributed by atoms with E-state index in [1.165, 1.54) is 19.3 Å². The number of oxime groups is 1. The van der Waals surface area contributed by atoms with Crippen molar-refractivity contribution in [2.75, 3.05) is 58.0 Å². The zero-order valence-corrected chi connectivity index (χ0v) is 54.9. The number of imidazole rings is 1. The molecule has 1 saturated carbocycles. The highest BCUT2D eigenvalue weighted by Crippen LogP contribution is 2.49. The van der Waals surface area contributed by atoms with Crippen LogP contribution >= 0.6 is 23.2 Å². The molecule has 12 rings (SSSR count). The van der Waals surface area contributed by atoms with Crippen molar-refractivity contribution in [3.63, 3.8) is 0 Å². The normalized spacial score (nSPS) is 37.7. The predicted octanol–water partition coefficient (Wildman–Crippen LogP) is 10.3. The number of fused-ring (bicyclic) bond motifs is 2. The number of nitrogens with zero attached hydrogens (tertiary/aromatic N) is 5. The van der Waals surface area contributed by atoms with Gasteiger partial charge in [-0.25, -0.2) is 4.98 Å². The molecule has 0 radical (unpaired) electrons. The van der Waals surface area contributed by atoms with E-state index in [4.69, 9.17) is 70.6 Å². The van der Waals surface area contributed by atoms with Crippen LogP contribution < -0.4 is 9.64 Å². The number of hydrogen-bond donors (Lipinski definition) is 3. The van der Waals surface area contributed by atoms with Crippen LogP contribution in [-0.4, -0.2) is 173 Å². The van der Waals surface area contributed by atoms with Gasteiger partial charge in [0.25, 0.3) is 0 Å². The lowest BCUT2D eigenvalue weighted by atomic mass is 9.71. The number of carbonyl (C=O) groups is 2. The SMILES string of the molecule is CC(=O)N1CCN(c2ccc(OC[C@H]3CO[C@](Cn4ccnc4)(c4ccc(Cl)cc4Cl)O3)cc2)CC1.CO[C@H]1C[C@H](O[C@@H]2/C(C)=C/C[C@@H]3C[C@@H](C[C@]4(CC[C@H](C)[C@@H](C5CCCCC5)O4)O3)OC(=O)[C@@H]3C=C(C)/C(=N/O)[C@H]4OC/C(=C\C=C\[C@@H]2C)[C@]43O)O[C@@H](C)[C@@H]1O. The first-order valence-corrected chi connectivity index (χ1v) is 33.4. The van der Waals surface area contributed by atoms with Gasteiger partial charge in [0.2, 0.25) is 11.7 Å². The molecule has 1 spiro atoms. The second-order valence-electron chi connectivity index (χ2n) is 26.4. The van der Waals surface area contributed by atoms with Crippen molar-refractivity contribution >= 4 is 46.5 Å². The molecule has 1 amide bonds. The first kappa shape index (κ1) is 67.2. The van der Waals surface area contributed by atoms with E-state index in [0.29, 0.717) is 90.5 Å². The first-order valence-electron chi connectivity index (χ1n) is 32.6. The Hall–Kier alpha value is -5.20. The monoisotopic (exact) mass is 1300 g/mol. The summed E-state index contributed by atoms with van der Waals surface area (Å²) < 4.78 is 65.7. The third kappa shape index (κ3) is 15.0. The van der Waals surface area contributed by atoms with Gasteiger partial charge in [-0.2, -0.15) is 0 Å². The molecule has 8 heterocycles. The van der Waals surface area contributed by atoms with Gasteiger partial charge in [-0.05, 0) is 111 Å². The number of esters is 1. The molecule has 16 atom stereocenters. The Kier molecular flexibility index (Phi) is 21.6. The van der Waals surface area contributed by atoms with Crippen molar-refractivity contribution in [3.8, 4) is 5.75 Å². The number of ether oxygens (including phenoxy) is 10. The topological polar surface area (TPSA) is 224 Å². The average Bonchev–Trinajstić information content (AvgIpc) is 1.66. The van der Waals surface area contributed by atoms with Crippen LogP contribution in [0, 0.1) is 23.7 Å². The molecule has 7 aliphatic heterocycles. The van der Waals surface area contributed by atoms with E-state index in [1.54, 1.807) is 57.8 Å². The van der Waals surface area contributed by atoms with Gasteiger partial charge in [0.1, 0.15) is 54.0 Å². The summed E-state index contributed by atoms with van der Waals surface area (Å²) >= 11 is 12.7. The van der Waals surface area contributed by atoms with Crippen LogP contribution in [0.1, 0.15) is 118 Å². The van der Waals surface area contributed by atoms with E-state index in [-0.39, 0.29) is 42.5 Å². The molecule has 1 aromatic heterocycles. The van der Waals surface area contributed by atoms with Gasteiger partial charge in [-0.15, -0.1) is 0 Å². The van der Waals surface area contributed by atoms with Crippen molar-refractivity contribution in [1.82, 2.24) is 14.5 Å². The Labute approximate surface area is 544 Å². The van der Waals surface area contributed by atoms with Crippen LogP contribution in [0.4, 0.5) is 5.69 Å². The summed E-state index contributed by atoms with van der Waals surface area (Å²) in [5.41, 5.74) is 2.18. The molecule has 22 heteroatoms. The van der Waals surface area contributed by atoms with Crippen LogP contribution in [0.3, 0.4) is 0 Å². The number of anilines is 1. The molecule has 91 heavy (non-hydrogen) atoms. The minimum absolute atomic E-state index is 0.0359. The van der Waals surface area contributed by atoms with E-state index >= 15 is 0 Å². The largest absolute Gasteiger partial charge is 0.491 e. The van der Waals surface area contributed by atoms with Crippen LogP contribution in [0.2, 0.25) is 10.0 Å². The Morgan fingerprint density at radius 2 is 1.74 bits per heavy atom. The van der Waals surface area contributed by atoms with Crippen LogP contribution in [-0.2, 0) is 64.6 Å². The molecule has 496 valence electrons. The Morgan fingerprint density at radius 3 is 2.45 bits per heavy atom. The fourth-order valence-corrected chi connectivity index (χ4v) is 15.5. The quantitative estimate of drug-likeness (QED) is 0.0703. The van der Waals surface area contributed by atoms with Crippen LogP contribution in [0.15, 0.2) is 113 Å². The number of aliphatic hydroxyl groups is 2. The van der Waals surface area contributed by atoms with E-state index in [0.717, 1.165) is 62.5 Å². The Morgan fingerprint density at radius 1 is 0.956 bits per heavy atom. The number of methoxy groups -OCH3 is 1. The van der Waals surface area contributed by atoms with Crippen LogP contribution in [0.25, 0.3) is 0 Å². The van der Waals surface area contributed by atoms with Gasteiger partial charge in [-0.1, -0.05) is 97.9 Å². The minimum Gasteiger partial charge on any atom is -0.491 e. The summed E-state index contributed by atoms with van der Waals surface area (Å²) in [6, 6.07) is 13.3. The summed E-state index contributed by atoms with van der Waals surface area (Å²) in [5, 5.41) is 37.7. The molecule has 20 nitrogen and oxygen atoms in total. The number of piperazine rings is 1. The maximum absolute atomic E-state index is 14.4. The molecule has 2 aliphatic carbocycles. The molecular weight excluding hydrogens is 1210 g/mol. The van der Waals surface area contributed by atoms with Gasteiger partial charge >= 0.3 is 5.97 Å². The third-order valence-corrected chi connectivity index (χ3v) is 20.6. The Balaban J connectivity index is 0.000000204. The molecule has 3 aromatic rings. The highest BCUT2D eigenvalue weighted by atomic mass is 35.5. The fraction of sp³-hybridized carbons (Fsp3) is 0.623. The molecule has 2 bridgehead atoms. The summed E-state index contributed by atoms with van der Waals surface area (Å²) in [7, 11) is 1.59. The summed E-state index contributed by atoms with van der Waals surface area (Å²) in [4.78, 5) is 34.2. The lowest BCUT2D eigenvalue weighted by Gasteiger charge is -2.51. The number of aromatic nitrogens is 2. The second kappa shape index (κ2) is 29.2.